The molecule has 0 aromatic rings. The van der Waals surface area contributed by atoms with Gasteiger partial charge in [-0.05, 0) is 37.6 Å². The van der Waals surface area contributed by atoms with Gasteiger partial charge in [0.05, 0.1) is 6.61 Å². The molecular weight excluding hydrogens is 212 g/mol. The average molecular weight is 240 g/mol. The van der Waals surface area contributed by atoms with Crippen molar-refractivity contribution in [1.82, 2.24) is 10.2 Å². The van der Waals surface area contributed by atoms with E-state index in [4.69, 9.17) is 4.74 Å². The van der Waals surface area contributed by atoms with E-state index in [0.717, 1.165) is 24.5 Å². The first kappa shape index (κ1) is 13.3. The van der Waals surface area contributed by atoms with Crippen molar-refractivity contribution in [1.29, 1.82) is 0 Å². The van der Waals surface area contributed by atoms with Crippen LogP contribution >= 0.6 is 0 Å². The summed E-state index contributed by atoms with van der Waals surface area (Å²) in [5.41, 5.74) is 0. The smallest absolute Gasteiger partial charge is 0.0503 e. The Morgan fingerprint density at radius 2 is 2.06 bits per heavy atom. The van der Waals surface area contributed by atoms with Crippen molar-refractivity contribution in [3.8, 4) is 0 Å². The molecule has 17 heavy (non-hydrogen) atoms. The maximum Gasteiger partial charge on any atom is 0.0503 e. The molecule has 2 fully saturated rings. The summed E-state index contributed by atoms with van der Waals surface area (Å²) >= 11 is 0. The van der Waals surface area contributed by atoms with E-state index in [9.17, 15) is 0 Å². The monoisotopic (exact) mass is 240 g/mol. The van der Waals surface area contributed by atoms with Crippen LogP contribution in [-0.2, 0) is 4.74 Å². The number of rotatable bonds is 7. The summed E-state index contributed by atoms with van der Waals surface area (Å²) in [6.45, 7) is 9.28. The van der Waals surface area contributed by atoms with Gasteiger partial charge in [-0.25, -0.2) is 0 Å². The van der Waals surface area contributed by atoms with Crippen LogP contribution in [0.15, 0.2) is 0 Å². The fourth-order valence-corrected chi connectivity index (χ4v) is 2.90. The fourth-order valence-electron chi connectivity index (χ4n) is 2.90. The molecule has 2 unspecified atom stereocenters. The Labute approximate surface area is 106 Å². The van der Waals surface area contributed by atoms with Crippen molar-refractivity contribution in [2.75, 3.05) is 33.4 Å². The topological polar surface area (TPSA) is 24.5 Å². The van der Waals surface area contributed by atoms with Crippen molar-refractivity contribution in [3.05, 3.63) is 0 Å². The highest BCUT2D eigenvalue weighted by Crippen LogP contribution is 2.24. The highest BCUT2D eigenvalue weighted by Gasteiger charge is 2.31. The predicted molar refractivity (Wildman–Crippen MR) is 71.2 cm³/mol. The van der Waals surface area contributed by atoms with Gasteiger partial charge in [0.25, 0.3) is 0 Å². The third kappa shape index (κ3) is 3.94. The molecular formula is C14H28N2O. The van der Waals surface area contributed by atoms with E-state index in [0.29, 0.717) is 6.04 Å². The lowest BCUT2D eigenvalue weighted by atomic mass is 10.0. The first-order valence-electron chi connectivity index (χ1n) is 7.17. The molecule has 0 bridgehead atoms. The third-order valence-corrected chi connectivity index (χ3v) is 4.15. The number of hydrogen-bond acceptors (Lipinski definition) is 3. The molecule has 1 saturated carbocycles. The molecule has 0 aromatic heterocycles. The van der Waals surface area contributed by atoms with E-state index in [2.05, 4.69) is 24.1 Å². The van der Waals surface area contributed by atoms with Gasteiger partial charge >= 0.3 is 0 Å². The molecule has 100 valence electrons. The van der Waals surface area contributed by atoms with E-state index < -0.39 is 0 Å². The van der Waals surface area contributed by atoms with Crippen LogP contribution in [0, 0.1) is 11.8 Å². The number of hydrogen-bond donors (Lipinski definition) is 1. The standard InChI is InChI=1S/C14H28N2O/c1-11(2)14(8-15-13-4-5-13)16-7-6-12(9-16)10-17-3/h11-15H,4-10H2,1-3H3. The lowest BCUT2D eigenvalue weighted by Gasteiger charge is -2.31. The summed E-state index contributed by atoms with van der Waals surface area (Å²) in [6, 6.07) is 1.53. The van der Waals surface area contributed by atoms with Gasteiger partial charge in [0.2, 0.25) is 0 Å². The van der Waals surface area contributed by atoms with Crippen molar-refractivity contribution in [2.45, 2.75) is 45.2 Å². The number of methoxy groups -OCH3 is 1. The largest absolute Gasteiger partial charge is 0.384 e. The zero-order valence-electron chi connectivity index (χ0n) is 11.6. The second-order valence-corrected chi connectivity index (χ2v) is 6.10. The highest BCUT2D eigenvalue weighted by molar-refractivity contribution is 4.88. The van der Waals surface area contributed by atoms with Crippen molar-refractivity contribution < 1.29 is 4.74 Å². The Morgan fingerprint density at radius 3 is 2.65 bits per heavy atom. The van der Waals surface area contributed by atoms with Crippen molar-refractivity contribution >= 4 is 0 Å². The van der Waals surface area contributed by atoms with Gasteiger partial charge < -0.3 is 10.1 Å². The van der Waals surface area contributed by atoms with E-state index in [-0.39, 0.29) is 0 Å². The van der Waals surface area contributed by atoms with Crippen LogP contribution in [0.1, 0.15) is 33.1 Å². The van der Waals surface area contributed by atoms with Gasteiger partial charge in [-0.2, -0.15) is 0 Å². The highest BCUT2D eigenvalue weighted by atomic mass is 16.5. The molecule has 2 aliphatic rings. The van der Waals surface area contributed by atoms with Crippen molar-refractivity contribution in [3.63, 3.8) is 0 Å². The minimum Gasteiger partial charge on any atom is -0.384 e. The number of ether oxygens (including phenoxy) is 1. The maximum atomic E-state index is 5.28. The molecule has 1 N–H and O–H groups in total. The zero-order valence-corrected chi connectivity index (χ0v) is 11.6. The van der Waals surface area contributed by atoms with Crippen LogP contribution in [-0.4, -0.2) is 50.3 Å². The van der Waals surface area contributed by atoms with Gasteiger partial charge in [-0.15, -0.1) is 0 Å². The molecule has 0 spiro atoms. The van der Waals surface area contributed by atoms with Crippen LogP contribution in [0.4, 0.5) is 0 Å². The zero-order chi connectivity index (χ0) is 12.3. The summed E-state index contributed by atoms with van der Waals surface area (Å²) in [5, 5.41) is 3.69. The third-order valence-electron chi connectivity index (χ3n) is 4.15. The first-order chi connectivity index (χ1) is 8.20. The van der Waals surface area contributed by atoms with Crippen molar-refractivity contribution in [2.24, 2.45) is 11.8 Å². The summed E-state index contributed by atoms with van der Waals surface area (Å²) in [5.74, 6) is 1.49. The number of nitrogens with one attached hydrogen (secondary N) is 1. The molecule has 0 amide bonds. The van der Waals surface area contributed by atoms with Gasteiger partial charge in [0.1, 0.15) is 0 Å². The van der Waals surface area contributed by atoms with E-state index in [1.165, 1.54) is 38.9 Å². The summed E-state index contributed by atoms with van der Waals surface area (Å²) in [7, 11) is 1.82. The molecule has 0 radical (unpaired) electrons. The van der Waals surface area contributed by atoms with E-state index in [1.54, 1.807) is 0 Å². The van der Waals surface area contributed by atoms with E-state index in [1.807, 2.05) is 7.11 Å². The maximum absolute atomic E-state index is 5.28. The van der Waals surface area contributed by atoms with Gasteiger partial charge in [-0.3, -0.25) is 4.90 Å². The predicted octanol–water partition coefficient (Wildman–Crippen LogP) is 1.73. The SMILES string of the molecule is COCC1CCN(C(CNC2CC2)C(C)C)C1. The average Bonchev–Trinajstić information content (AvgIpc) is 2.99. The van der Waals surface area contributed by atoms with Crippen LogP contribution in [0.2, 0.25) is 0 Å². The Bertz CT molecular complexity index is 228. The second-order valence-electron chi connectivity index (χ2n) is 6.10. The van der Waals surface area contributed by atoms with E-state index >= 15 is 0 Å². The Morgan fingerprint density at radius 1 is 1.29 bits per heavy atom. The number of nitrogens with zero attached hydrogens (tertiary/aromatic N) is 1. The Hall–Kier alpha value is -0.120. The lowest BCUT2D eigenvalue weighted by Crippen LogP contribution is -2.45. The molecule has 3 nitrogen and oxygen atoms in total. The van der Waals surface area contributed by atoms with Crippen LogP contribution in [0.3, 0.4) is 0 Å². The Kier molecular flexibility index (Phi) is 4.83. The normalized spacial score (nSPS) is 27.9. The lowest BCUT2D eigenvalue weighted by molar-refractivity contribution is 0.137. The summed E-state index contributed by atoms with van der Waals surface area (Å²) in [4.78, 5) is 2.67. The van der Waals surface area contributed by atoms with Crippen LogP contribution in [0.25, 0.3) is 0 Å². The molecule has 3 heteroatoms. The quantitative estimate of drug-likeness (QED) is 0.733. The van der Waals surface area contributed by atoms with Gasteiger partial charge in [0.15, 0.2) is 0 Å². The molecule has 2 rings (SSSR count). The molecule has 1 aliphatic carbocycles. The molecule has 0 aromatic carbocycles. The summed E-state index contributed by atoms with van der Waals surface area (Å²) < 4.78 is 5.28. The second kappa shape index (κ2) is 6.17. The minimum atomic E-state index is 0.706. The number of likely N-dealkylation sites (tertiary alicyclic amines) is 1. The van der Waals surface area contributed by atoms with Crippen LogP contribution < -0.4 is 5.32 Å². The van der Waals surface area contributed by atoms with Crippen LogP contribution in [0.5, 0.6) is 0 Å². The summed E-state index contributed by atoms with van der Waals surface area (Å²) in [6.07, 6.45) is 4.08. The minimum absolute atomic E-state index is 0.706. The van der Waals surface area contributed by atoms with Gasteiger partial charge in [0, 0.05) is 32.3 Å². The molecule has 1 heterocycles. The van der Waals surface area contributed by atoms with Gasteiger partial charge in [-0.1, -0.05) is 13.8 Å². The molecule has 1 aliphatic heterocycles. The first-order valence-corrected chi connectivity index (χ1v) is 7.17. The fraction of sp³-hybridized carbons (Fsp3) is 1.00. The molecule has 1 saturated heterocycles. The Balaban J connectivity index is 1.78. The molecule has 2 atom stereocenters.